The second-order valence-corrected chi connectivity index (χ2v) is 11.9. The minimum Gasteiger partial charge on any atom is -0.463 e. The molecule has 12 nitrogen and oxygen atoms in total. The van der Waals surface area contributed by atoms with Crippen LogP contribution in [0.15, 0.2) is 0 Å². The van der Waals surface area contributed by atoms with Gasteiger partial charge in [-0.3, -0.25) is 13.8 Å². The number of esters is 1. The van der Waals surface area contributed by atoms with E-state index in [-0.39, 0.29) is 6.42 Å². The molecule has 1 fully saturated rings. The van der Waals surface area contributed by atoms with Crippen LogP contribution in [0.25, 0.3) is 0 Å². The maximum atomic E-state index is 12.1. The number of hydrogen-bond acceptors (Lipinski definition) is 11. The van der Waals surface area contributed by atoms with Gasteiger partial charge in [0, 0.05) is 6.42 Å². The summed E-state index contributed by atoms with van der Waals surface area (Å²) in [5, 5.41) is 58.5. The number of rotatable bonds is 22. The summed E-state index contributed by atoms with van der Waals surface area (Å²) in [6.07, 6.45) is 3.82. The molecule has 0 aromatic rings. The summed E-state index contributed by atoms with van der Waals surface area (Å²) in [5.74, 6) is -0.508. The van der Waals surface area contributed by atoms with Gasteiger partial charge in [-0.15, -0.1) is 0 Å². The SMILES string of the molecule is CCCCCCCCCCCCCCCCC(=O)OC[C@@H](O)COP(=O)(O)OC1C(O)C(O)C(O)[C@@H](O)C1O. The number of phosphoric acid groups is 1. The van der Waals surface area contributed by atoms with E-state index in [0.29, 0.717) is 6.42 Å². The monoisotopic (exact) mass is 586 g/mol. The molecule has 0 saturated heterocycles. The fourth-order valence-electron chi connectivity index (χ4n) is 4.46. The first kappa shape index (κ1) is 36.4. The Balaban J connectivity index is 2.08. The smallest absolute Gasteiger partial charge is 0.463 e. The Morgan fingerprint density at radius 2 is 1.10 bits per heavy atom. The predicted octanol–water partition coefficient (Wildman–Crippen LogP) is 2.08. The number of unbranched alkanes of at least 4 members (excludes halogenated alkanes) is 13. The molecule has 1 aliphatic rings. The summed E-state index contributed by atoms with van der Waals surface area (Å²) >= 11 is 0. The number of carbonyl (C=O) groups is 1. The molecule has 39 heavy (non-hydrogen) atoms. The maximum absolute atomic E-state index is 12.1. The van der Waals surface area contributed by atoms with E-state index in [1.165, 1.54) is 64.2 Å². The van der Waals surface area contributed by atoms with Crippen molar-refractivity contribution in [3.63, 3.8) is 0 Å². The van der Waals surface area contributed by atoms with Gasteiger partial charge in [0.1, 0.15) is 49.3 Å². The topological polar surface area (TPSA) is 203 Å². The van der Waals surface area contributed by atoms with Gasteiger partial charge in [-0.05, 0) is 6.42 Å². The number of phosphoric ester groups is 1. The molecule has 0 bridgehead atoms. The molecule has 7 N–H and O–H groups in total. The van der Waals surface area contributed by atoms with E-state index in [4.69, 9.17) is 4.74 Å². The molecule has 0 radical (unpaired) electrons. The highest BCUT2D eigenvalue weighted by Crippen LogP contribution is 2.47. The molecule has 1 aliphatic carbocycles. The van der Waals surface area contributed by atoms with E-state index in [0.717, 1.165) is 19.3 Å². The van der Waals surface area contributed by atoms with Crippen molar-refractivity contribution < 1.29 is 58.7 Å². The van der Waals surface area contributed by atoms with E-state index in [9.17, 15) is 44.9 Å². The fraction of sp³-hybridized carbons (Fsp3) is 0.962. The molecule has 0 aromatic heterocycles. The van der Waals surface area contributed by atoms with Crippen LogP contribution < -0.4 is 0 Å². The molecule has 0 heterocycles. The van der Waals surface area contributed by atoms with Crippen LogP contribution in [0.4, 0.5) is 0 Å². The van der Waals surface area contributed by atoms with Crippen LogP contribution in [0.1, 0.15) is 103 Å². The average Bonchev–Trinajstić information content (AvgIpc) is 2.91. The second-order valence-electron chi connectivity index (χ2n) is 10.5. The first-order chi connectivity index (χ1) is 18.5. The van der Waals surface area contributed by atoms with Gasteiger partial charge < -0.3 is 40.3 Å². The van der Waals surface area contributed by atoms with Crippen molar-refractivity contribution >= 4 is 13.8 Å². The zero-order valence-corrected chi connectivity index (χ0v) is 24.1. The molecule has 0 aromatic carbocycles. The molecule has 13 heteroatoms. The summed E-state index contributed by atoms with van der Waals surface area (Å²) in [4.78, 5) is 21.7. The first-order valence-corrected chi connectivity index (χ1v) is 15.9. The first-order valence-electron chi connectivity index (χ1n) is 14.4. The third-order valence-corrected chi connectivity index (χ3v) is 7.91. The minimum atomic E-state index is -4.98. The third-order valence-electron chi connectivity index (χ3n) is 6.93. The van der Waals surface area contributed by atoms with E-state index < -0.39 is 69.7 Å². The van der Waals surface area contributed by atoms with Crippen LogP contribution in [0.2, 0.25) is 0 Å². The van der Waals surface area contributed by atoms with Crippen LogP contribution in [-0.4, -0.2) is 97.4 Å². The second kappa shape index (κ2) is 20.3. The largest absolute Gasteiger partial charge is 0.472 e. The molecule has 1 rings (SSSR count). The van der Waals surface area contributed by atoms with Crippen LogP contribution in [0, 0.1) is 0 Å². The van der Waals surface area contributed by atoms with Crippen LogP contribution >= 0.6 is 7.82 Å². The molecule has 0 aliphatic heterocycles. The molecule has 0 amide bonds. The van der Waals surface area contributed by atoms with Crippen molar-refractivity contribution in [2.45, 2.75) is 146 Å². The van der Waals surface area contributed by atoms with Crippen molar-refractivity contribution in [2.75, 3.05) is 13.2 Å². The van der Waals surface area contributed by atoms with Gasteiger partial charge in [0.15, 0.2) is 0 Å². The van der Waals surface area contributed by atoms with Crippen molar-refractivity contribution in [3.05, 3.63) is 0 Å². The highest BCUT2D eigenvalue weighted by atomic mass is 31.2. The van der Waals surface area contributed by atoms with Crippen LogP contribution in [-0.2, 0) is 23.1 Å². The quantitative estimate of drug-likeness (QED) is 0.0554. The number of hydrogen-bond donors (Lipinski definition) is 7. The highest BCUT2D eigenvalue weighted by molar-refractivity contribution is 7.47. The van der Waals surface area contributed by atoms with Crippen molar-refractivity contribution in [1.82, 2.24) is 0 Å². The third kappa shape index (κ3) is 15.2. The van der Waals surface area contributed by atoms with Gasteiger partial charge in [-0.1, -0.05) is 90.4 Å². The number of aliphatic hydroxyl groups is 6. The maximum Gasteiger partial charge on any atom is 0.472 e. The fourth-order valence-corrected chi connectivity index (χ4v) is 5.44. The van der Waals surface area contributed by atoms with Crippen molar-refractivity contribution in [1.29, 1.82) is 0 Å². The Morgan fingerprint density at radius 3 is 1.56 bits per heavy atom. The predicted molar refractivity (Wildman–Crippen MR) is 143 cm³/mol. The lowest BCUT2D eigenvalue weighted by Gasteiger charge is -2.41. The summed E-state index contributed by atoms with van der Waals surface area (Å²) in [7, 11) is -4.98. The Hall–Kier alpha value is -0.660. The number of carbonyl (C=O) groups excluding carboxylic acids is 1. The van der Waals surface area contributed by atoms with E-state index >= 15 is 0 Å². The lowest BCUT2D eigenvalue weighted by atomic mass is 9.85. The van der Waals surface area contributed by atoms with E-state index in [1.807, 2.05) is 0 Å². The van der Waals surface area contributed by atoms with Crippen LogP contribution in [0.5, 0.6) is 0 Å². The highest BCUT2D eigenvalue weighted by Gasteiger charge is 2.51. The number of aliphatic hydroxyl groups excluding tert-OH is 6. The standard InChI is InChI=1S/C26H51O12P/c1-2-3-4-5-6-7-8-9-10-11-12-13-14-15-16-20(28)36-17-19(27)18-37-39(34,35)38-26-24(32)22(30)21(29)23(31)25(26)33/h19,21-27,29-33H,2-18H2,1H3,(H,34,35)/t19-,21?,22-,23?,24?,25?,26?/m1/s1. The molecular weight excluding hydrogens is 535 g/mol. The van der Waals surface area contributed by atoms with Gasteiger partial charge in [-0.2, -0.15) is 0 Å². The van der Waals surface area contributed by atoms with Gasteiger partial charge in [-0.25, -0.2) is 4.57 Å². The Kier molecular flexibility index (Phi) is 18.9. The Labute approximate surface area is 231 Å². The van der Waals surface area contributed by atoms with Gasteiger partial charge in [0.05, 0.1) is 6.61 Å². The van der Waals surface area contributed by atoms with Gasteiger partial charge in [0.25, 0.3) is 0 Å². The zero-order chi connectivity index (χ0) is 29.3. The lowest BCUT2D eigenvalue weighted by molar-refractivity contribution is -0.220. The van der Waals surface area contributed by atoms with Gasteiger partial charge >= 0.3 is 13.8 Å². The molecule has 232 valence electrons. The lowest BCUT2D eigenvalue weighted by Crippen LogP contribution is -2.64. The summed E-state index contributed by atoms with van der Waals surface area (Å²) in [6.45, 7) is 0.981. The Morgan fingerprint density at radius 1 is 0.692 bits per heavy atom. The van der Waals surface area contributed by atoms with E-state index in [2.05, 4.69) is 16.0 Å². The van der Waals surface area contributed by atoms with Crippen molar-refractivity contribution in [2.24, 2.45) is 0 Å². The number of ether oxygens (including phenoxy) is 1. The molecule has 0 spiro atoms. The minimum absolute atomic E-state index is 0.196. The normalized spacial score (nSPS) is 27.7. The molecule has 1 saturated carbocycles. The van der Waals surface area contributed by atoms with E-state index in [1.54, 1.807) is 0 Å². The molecule has 8 atom stereocenters. The van der Waals surface area contributed by atoms with Gasteiger partial charge in [0.2, 0.25) is 0 Å². The summed E-state index contributed by atoms with van der Waals surface area (Å²) in [5.41, 5.74) is 0. The Bertz CT molecular complexity index is 680. The summed E-state index contributed by atoms with van der Waals surface area (Å²) < 4.78 is 26.3. The molecule has 6 unspecified atom stereocenters. The molecular formula is C26H51O12P. The summed E-state index contributed by atoms with van der Waals surface area (Å²) in [6, 6.07) is 0. The van der Waals surface area contributed by atoms with Crippen LogP contribution in [0.3, 0.4) is 0 Å². The zero-order valence-electron chi connectivity index (χ0n) is 23.2. The average molecular weight is 587 g/mol. The van der Waals surface area contributed by atoms with Crippen molar-refractivity contribution in [3.8, 4) is 0 Å².